The van der Waals surface area contributed by atoms with Crippen molar-refractivity contribution < 1.29 is 19.1 Å². The van der Waals surface area contributed by atoms with Gasteiger partial charge in [0.15, 0.2) is 11.5 Å². The van der Waals surface area contributed by atoms with Crippen LogP contribution in [0.15, 0.2) is 72.9 Å². The van der Waals surface area contributed by atoms with Gasteiger partial charge < -0.3 is 14.2 Å². The molecule has 3 aromatic carbocycles. The van der Waals surface area contributed by atoms with Crippen LogP contribution in [0.2, 0.25) is 0 Å². The van der Waals surface area contributed by atoms with E-state index >= 15 is 0 Å². The van der Waals surface area contributed by atoms with E-state index in [0.717, 1.165) is 5.56 Å². The Hall–Kier alpha value is -4.13. The van der Waals surface area contributed by atoms with Gasteiger partial charge in [-0.1, -0.05) is 42.5 Å². The molecular weight excluding hydrogens is 396 g/mol. The molecule has 4 rings (SSSR count). The number of aromatic nitrogens is 1. The van der Waals surface area contributed by atoms with Crippen LogP contribution < -0.4 is 14.2 Å². The Bertz CT molecular complexity index is 1240. The van der Waals surface area contributed by atoms with Crippen molar-refractivity contribution in [3.05, 3.63) is 88.6 Å². The molecule has 0 saturated carbocycles. The second-order valence-corrected chi connectivity index (χ2v) is 6.74. The highest BCUT2D eigenvalue weighted by molar-refractivity contribution is 6.04. The van der Waals surface area contributed by atoms with Crippen LogP contribution in [-0.2, 0) is 6.61 Å². The number of hydrogen-bond donors (Lipinski definition) is 0. The molecule has 0 radical (unpaired) electrons. The van der Waals surface area contributed by atoms with Crippen molar-refractivity contribution in [1.82, 2.24) is 4.98 Å². The van der Waals surface area contributed by atoms with Crippen molar-refractivity contribution in [2.24, 2.45) is 0 Å². The Kier molecular flexibility index (Phi) is 5.66. The van der Waals surface area contributed by atoms with E-state index in [0.29, 0.717) is 45.9 Å². The molecule has 0 aliphatic heterocycles. The van der Waals surface area contributed by atoms with Crippen molar-refractivity contribution in [2.45, 2.75) is 6.61 Å². The van der Waals surface area contributed by atoms with Gasteiger partial charge in [0.2, 0.25) is 0 Å². The molecule has 0 aliphatic rings. The predicted molar refractivity (Wildman–Crippen MR) is 118 cm³/mol. The Morgan fingerprint density at radius 2 is 1.68 bits per heavy atom. The maximum Gasteiger partial charge on any atom is 0.278 e. The Morgan fingerprint density at radius 1 is 0.935 bits per heavy atom. The van der Waals surface area contributed by atoms with Gasteiger partial charge in [-0.25, -0.2) is 0 Å². The maximum atomic E-state index is 11.7. The highest BCUT2D eigenvalue weighted by atomic mass is 16.6. The minimum absolute atomic E-state index is 0.0358. The molecule has 1 heterocycles. The zero-order valence-electron chi connectivity index (χ0n) is 17.1. The van der Waals surface area contributed by atoms with Crippen LogP contribution in [0.5, 0.6) is 17.2 Å². The number of nitrogens with zero attached hydrogens (tertiary/aromatic N) is 2. The lowest BCUT2D eigenvalue weighted by Crippen LogP contribution is -2.01. The summed E-state index contributed by atoms with van der Waals surface area (Å²) in [5, 5.41) is 13.0. The van der Waals surface area contributed by atoms with Gasteiger partial charge in [0.25, 0.3) is 5.69 Å². The Morgan fingerprint density at radius 3 is 2.39 bits per heavy atom. The van der Waals surface area contributed by atoms with Crippen molar-refractivity contribution >= 4 is 16.5 Å². The van der Waals surface area contributed by atoms with E-state index in [-0.39, 0.29) is 5.69 Å². The first-order chi connectivity index (χ1) is 15.1. The fourth-order valence-corrected chi connectivity index (χ4v) is 3.54. The van der Waals surface area contributed by atoms with Gasteiger partial charge in [0.1, 0.15) is 12.4 Å². The lowest BCUT2D eigenvalue weighted by atomic mass is 10.0. The summed E-state index contributed by atoms with van der Waals surface area (Å²) in [5.74, 6) is 1.50. The van der Waals surface area contributed by atoms with Crippen LogP contribution in [-0.4, -0.2) is 24.1 Å². The minimum Gasteiger partial charge on any atom is -0.493 e. The number of hydrogen-bond acceptors (Lipinski definition) is 6. The van der Waals surface area contributed by atoms with Gasteiger partial charge in [0.05, 0.1) is 35.8 Å². The number of fused-ring (bicyclic) bond motifs is 1. The summed E-state index contributed by atoms with van der Waals surface area (Å²) in [4.78, 5) is 15.7. The fourth-order valence-electron chi connectivity index (χ4n) is 3.54. The van der Waals surface area contributed by atoms with Gasteiger partial charge in [-0.2, -0.15) is 0 Å². The molecule has 0 fully saturated rings. The van der Waals surface area contributed by atoms with Crippen LogP contribution in [0.1, 0.15) is 5.56 Å². The first-order valence-corrected chi connectivity index (χ1v) is 9.58. The molecule has 0 bridgehead atoms. The van der Waals surface area contributed by atoms with E-state index < -0.39 is 4.92 Å². The fraction of sp³-hybridized carbons (Fsp3) is 0.125. The van der Waals surface area contributed by atoms with Gasteiger partial charge >= 0.3 is 0 Å². The Balaban J connectivity index is 1.97. The molecule has 0 aliphatic carbocycles. The second-order valence-electron chi connectivity index (χ2n) is 6.74. The van der Waals surface area contributed by atoms with Gasteiger partial charge in [-0.3, -0.25) is 15.1 Å². The molecule has 1 aromatic heterocycles. The molecule has 0 N–H and O–H groups in total. The van der Waals surface area contributed by atoms with Crippen LogP contribution in [0, 0.1) is 10.1 Å². The number of rotatable bonds is 7. The van der Waals surface area contributed by atoms with Crippen LogP contribution >= 0.6 is 0 Å². The summed E-state index contributed by atoms with van der Waals surface area (Å²) in [7, 11) is 3.10. The third-order valence-corrected chi connectivity index (χ3v) is 4.95. The number of pyridine rings is 1. The molecule has 7 nitrogen and oxygen atoms in total. The normalized spacial score (nSPS) is 10.6. The van der Waals surface area contributed by atoms with E-state index in [4.69, 9.17) is 14.2 Å². The van der Waals surface area contributed by atoms with Gasteiger partial charge in [-0.05, 0) is 17.7 Å². The number of para-hydroxylation sites is 1. The summed E-state index contributed by atoms with van der Waals surface area (Å²) in [6.07, 6.45) is 1.59. The topological polar surface area (TPSA) is 83.7 Å². The molecule has 156 valence electrons. The highest BCUT2D eigenvalue weighted by Gasteiger charge is 2.23. The number of nitro benzene ring substituents is 1. The third kappa shape index (κ3) is 3.85. The largest absolute Gasteiger partial charge is 0.493 e. The van der Waals surface area contributed by atoms with Crippen LogP contribution in [0.4, 0.5) is 5.69 Å². The molecule has 0 amide bonds. The zero-order chi connectivity index (χ0) is 21.8. The first-order valence-electron chi connectivity index (χ1n) is 9.58. The standard InChI is InChI=1S/C24H20N2O5/c1-29-21-14-20(31-15-16-8-4-3-5-9-16)22-18(24(21)30-2)12-13-25-23(22)17-10-6-7-11-19(17)26(27)28/h3-14H,15H2,1-2H3. The van der Waals surface area contributed by atoms with E-state index in [2.05, 4.69) is 4.98 Å². The van der Waals surface area contributed by atoms with Gasteiger partial charge in [-0.15, -0.1) is 0 Å². The average molecular weight is 416 g/mol. The van der Waals surface area contributed by atoms with E-state index in [1.807, 2.05) is 30.3 Å². The van der Waals surface area contributed by atoms with Crippen LogP contribution in [0.25, 0.3) is 22.0 Å². The summed E-state index contributed by atoms with van der Waals surface area (Å²) < 4.78 is 17.3. The lowest BCUT2D eigenvalue weighted by Gasteiger charge is -2.17. The molecular formula is C24H20N2O5. The summed E-state index contributed by atoms with van der Waals surface area (Å²) in [5.41, 5.74) is 1.79. The minimum atomic E-state index is -0.416. The smallest absolute Gasteiger partial charge is 0.278 e. The number of methoxy groups -OCH3 is 2. The van der Waals surface area contributed by atoms with E-state index in [1.165, 1.54) is 6.07 Å². The number of benzene rings is 3. The quantitative estimate of drug-likeness (QED) is 0.296. The lowest BCUT2D eigenvalue weighted by molar-refractivity contribution is -0.384. The molecule has 0 atom stereocenters. The molecule has 0 unspecified atom stereocenters. The predicted octanol–water partition coefficient (Wildman–Crippen LogP) is 5.41. The number of nitro groups is 1. The second kappa shape index (κ2) is 8.71. The van der Waals surface area contributed by atoms with Crippen molar-refractivity contribution in [3.63, 3.8) is 0 Å². The molecule has 0 spiro atoms. The van der Waals surface area contributed by atoms with E-state index in [1.54, 1.807) is 50.7 Å². The SMILES string of the molecule is COc1cc(OCc2ccccc2)c2c(-c3ccccc3[N+](=O)[O-])nccc2c1OC. The average Bonchev–Trinajstić information content (AvgIpc) is 2.82. The van der Waals surface area contributed by atoms with Crippen molar-refractivity contribution in [2.75, 3.05) is 14.2 Å². The zero-order valence-corrected chi connectivity index (χ0v) is 17.1. The Labute approximate surface area is 179 Å². The van der Waals surface area contributed by atoms with E-state index in [9.17, 15) is 10.1 Å². The molecule has 31 heavy (non-hydrogen) atoms. The van der Waals surface area contributed by atoms with Crippen molar-refractivity contribution in [1.29, 1.82) is 0 Å². The summed E-state index contributed by atoms with van der Waals surface area (Å²) >= 11 is 0. The van der Waals surface area contributed by atoms with Crippen LogP contribution in [0.3, 0.4) is 0 Å². The first kappa shape index (κ1) is 20.2. The highest BCUT2D eigenvalue weighted by Crippen LogP contribution is 2.46. The molecule has 4 aromatic rings. The monoisotopic (exact) mass is 416 g/mol. The molecule has 0 saturated heterocycles. The summed E-state index contributed by atoms with van der Waals surface area (Å²) in [6.45, 7) is 0.316. The molecule has 7 heteroatoms. The van der Waals surface area contributed by atoms with Gasteiger partial charge in [0, 0.05) is 23.7 Å². The van der Waals surface area contributed by atoms with Crippen molar-refractivity contribution in [3.8, 4) is 28.5 Å². The maximum absolute atomic E-state index is 11.7. The third-order valence-electron chi connectivity index (χ3n) is 4.95. The summed E-state index contributed by atoms with van der Waals surface area (Å²) in [6, 6.07) is 19.8. The number of ether oxygens (including phenoxy) is 3.